The molecular formula is C36H48FN7O8S. The van der Waals surface area contributed by atoms with Crippen LogP contribution in [-0.4, -0.2) is 112 Å². The Hall–Kier alpha value is -3.90. The van der Waals surface area contributed by atoms with E-state index in [1.165, 1.54) is 25.4 Å². The highest BCUT2D eigenvalue weighted by Gasteiger charge is 2.33. The minimum atomic E-state index is -3.66. The fraction of sp³-hybridized carbons (Fsp3) is 0.611. The highest BCUT2D eigenvalue weighted by molar-refractivity contribution is 7.92. The summed E-state index contributed by atoms with van der Waals surface area (Å²) >= 11 is 0. The summed E-state index contributed by atoms with van der Waals surface area (Å²) in [6.45, 7) is 4.50. The number of aromatic nitrogens is 3. The number of sulfonamides is 1. The average Bonchev–Trinajstić information content (AvgIpc) is 3.17. The molecule has 1 amide bonds. The molecule has 2 N–H and O–H groups in total. The third kappa shape index (κ3) is 9.25. The monoisotopic (exact) mass is 757 g/mol. The van der Waals surface area contributed by atoms with E-state index in [-0.39, 0.29) is 35.8 Å². The van der Waals surface area contributed by atoms with E-state index in [1.54, 1.807) is 6.07 Å². The van der Waals surface area contributed by atoms with Crippen molar-refractivity contribution in [1.29, 1.82) is 0 Å². The van der Waals surface area contributed by atoms with Gasteiger partial charge >= 0.3 is 0 Å². The van der Waals surface area contributed by atoms with Crippen molar-refractivity contribution in [3.63, 3.8) is 0 Å². The summed E-state index contributed by atoms with van der Waals surface area (Å²) in [6, 6.07) is 4.69. The smallest absolute Gasteiger partial charge is 0.246 e. The first kappa shape index (κ1) is 37.4. The van der Waals surface area contributed by atoms with Crippen molar-refractivity contribution in [2.24, 2.45) is 5.92 Å². The van der Waals surface area contributed by atoms with Gasteiger partial charge in [0, 0.05) is 61.3 Å². The molecule has 7 rings (SSSR count). The molecule has 17 heteroatoms. The molecule has 5 heterocycles. The molecule has 1 atom stereocenters. The van der Waals surface area contributed by atoms with Gasteiger partial charge in [-0.1, -0.05) is 0 Å². The lowest BCUT2D eigenvalue weighted by atomic mass is 9.88. The van der Waals surface area contributed by atoms with Crippen molar-refractivity contribution in [1.82, 2.24) is 25.3 Å². The SMILES string of the molecule is COc1ncc(-c2nc(N3CCOCC3)nc3c(OC4CCC(N5CCC(C(=O)NOC6CCCCO6)CC5)CC4)cc(F)cc23)cc1NS(C)(=O)=O. The number of carbonyl (C=O) groups excluding carboxylic acids is 1. The second-order valence-corrected chi connectivity index (χ2v) is 15.9. The molecule has 1 aliphatic carbocycles. The zero-order chi connectivity index (χ0) is 37.0. The van der Waals surface area contributed by atoms with Gasteiger partial charge in [-0.3, -0.25) is 9.52 Å². The van der Waals surface area contributed by atoms with E-state index in [1.807, 2.05) is 4.90 Å². The topological polar surface area (TPSA) is 167 Å². The number of ether oxygens (including phenoxy) is 4. The highest BCUT2D eigenvalue weighted by Crippen LogP contribution is 2.38. The van der Waals surface area contributed by atoms with Gasteiger partial charge in [0.15, 0.2) is 6.29 Å². The number of rotatable bonds is 11. The number of benzene rings is 1. The molecule has 4 aliphatic rings. The van der Waals surface area contributed by atoms with Gasteiger partial charge in [-0.25, -0.2) is 38.1 Å². The first-order valence-electron chi connectivity index (χ1n) is 18.5. The first-order valence-corrected chi connectivity index (χ1v) is 20.4. The van der Waals surface area contributed by atoms with Gasteiger partial charge < -0.3 is 28.7 Å². The van der Waals surface area contributed by atoms with Gasteiger partial charge in [-0.05, 0) is 76.6 Å². The molecule has 1 aromatic carbocycles. The number of nitrogens with zero attached hydrogens (tertiary/aromatic N) is 5. The Labute approximate surface area is 308 Å². The van der Waals surface area contributed by atoms with Crippen molar-refractivity contribution in [3.05, 3.63) is 30.2 Å². The number of amides is 1. The first-order chi connectivity index (χ1) is 25.6. The number of hydroxylamine groups is 1. The van der Waals surface area contributed by atoms with Crippen LogP contribution in [0, 0.1) is 11.7 Å². The lowest BCUT2D eigenvalue weighted by Crippen LogP contribution is -2.47. The van der Waals surface area contributed by atoms with E-state index in [0.29, 0.717) is 72.8 Å². The number of hydrogen-bond donors (Lipinski definition) is 2. The standard InChI is InChI=1S/C36H48FN7O8S/c1-48-35-29(42-53(2,46)47)19-24(22-38-35)32-28-20-25(37)21-30(33(28)40-36(39-32)44-14-17-49-18-15-44)51-27-8-6-26(7-9-27)43-12-10-23(11-13-43)34(45)41-52-31-5-3-4-16-50-31/h19-23,26-27,31,42H,3-18H2,1-2H3,(H,41,45). The number of fused-ring (bicyclic) bond motifs is 1. The van der Waals surface area contributed by atoms with Crippen LogP contribution < -0.4 is 24.6 Å². The summed E-state index contributed by atoms with van der Waals surface area (Å²) in [6.07, 6.45) is 9.86. The molecule has 3 aromatic rings. The van der Waals surface area contributed by atoms with Gasteiger partial charge in [0.25, 0.3) is 0 Å². The van der Waals surface area contributed by atoms with Crippen LogP contribution in [0.15, 0.2) is 24.4 Å². The fourth-order valence-corrected chi connectivity index (χ4v) is 8.18. The molecular weight excluding hydrogens is 710 g/mol. The molecule has 1 saturated carbocycles. The summed E-state index contributed by atoms with van der Waals surface area (Å²) in [5, 5.41) is 0.409. The van der Waals surface area contributed by atoms with E-state index in [0.717, 1.165) is 77.1 Å². The fourth-order valence-electron chi connectivity index (χ4n) is 7.63. The number of morpholine rings is 1. The summed E-state index contributed by atoms with van der Waals surface area (Å²) in [5.41, 5.74) is 4.04. The van der Waals surface area contributed by atoms with Gasteiger partial charge in [-0.15, -0.1) is 0 Å². The molecule has 288 valence electrons. The van der Waals surface area contributed by atoms with Crippen LogP contribution in [0.4, 0.5) is 16.0 Å². The zero-order valence-corrected chi connectivity index (χ0v) is 31.0. The Balaban J connectivity index is 1.06. The predicted octanol–water partition coefficient (Wildman–Crippen LogP) is 4.02. The lowest BCUT2D eigenvalue weighted by Gasteiger charge is -2.40. The molecule has 2 aromatic heterocycles. The summed E-state index contributed by atoms with van der Waals surface area (Å²) in [5.74, 6) is 0.171. The van der Waals surface area contributed by atoms with E-state index in [4.69, 9.17) is 33.8 Å². The molecule has 3 saturated heterocycles. The molecule has 3 aliphatic heterocycles. The summed E-state index contributed by atoms with van der Waals surface area (Å²) in [7, 11) is -2.27. The number of halogens is 1. The maximum Gasteiger partial charge on any atom is 0.246 e. The molecule has 53 heavy (non-hydrogen) atoms. The van der Waals surface area contributed by atoms with Crippen LogP contribution in [0.25, 0.3) is 22.2 Å². The summed E-state index contributed by atoms with van der Waals surface area (Å²) < 4.78 is 65.2. The zero-order valence-electron chi connectivity index (χ0n) is 30.2. The third-order valence-corrected chi connectivity index (χ3v) is 11.0. The van der Waals surface area contributed by atoms with Gasteiger partial charge in [0.05, 0.1) is 38.4 Å². The van der Waals surface area contributed by atoms with Crippen LogP contribution in [-0.2, 0) is 29.1 Å². The number of likely N-dealkylation sites (tertiary alicyclic amines) is 1. The lowest BCUT2D eigenvalue weighted by molar-refractivity contribution is -0.202. The number of pyridine rings is 1. The van der Waals surface area contributed by atoms with Crippen molar-refractivity contribution in [2.75, 3.05) is 69.0 Å². The third-order valence-electron chi connectivity index (χ3n) is 10.4. The number of hydrogen-bond acceptors (Lipinski definition) is 13. The van der Waals surface area contributed by atoms with Crippen molar-refractivity contribution < 1.29 is 41.4 Å². The highest BCUT2D eigenvalue weighted by atomic mass is 32.2. The van der Waals surface area contributed by atoms with E-state index in [2.05, 4.69) is 20.1 Å². The van der Waals surface area contributed by atoms with Crippen LogP contribution in [0.3, 0.4) is 0 Å². The Kier molecular flexibility index (Phi) is 11.7. The largest absolute Gasteiger partial charge is 0.488 e. The van der Waals surface area contributed by atoms with Gasteiger partial charge in [0.1, 0.15) is 22.8 Å². The number of methoxy groups -OCH3 is 1. The van der Waals surface area contributed by atoms with Crippen molar-refractivity contribution >= 4 is 38.5 Å². The van der Waals surface area contributed by atoms with Crippen molar-refractivity contribution in [2.45, 2.75) is 76.2 Å². The van der Waals surface area contributed by atoms with Crippen LogP contribution in [0.2, 0.25) is 0 Å². The maximum atomic E-state index is 15.4. The molecule has 0 bridgehead atoms. The molecule has 4 fully saturated rings. The van der Waals surface area contributed by atoms with E-state index < -0.39 is 15.8 Å². The number of carbonyl (C=O) groups is 1. The molecule has 0 spiro atoms. The Morgan fingerprint density at radius 2 is 1.74 bits per heavy atom. The van der Waals surface area contributed by atoms with Crippen LogP contribution >= 0.6 is 0 Å². The van der Waals surface area contributed by atoms with Gasteiger partial charge in [0.2, 0.25) is 27.8 Å². The Morgan fingerprint density at radius 1 is 0.962 bits per heavy atom. The van der Waals surface area contributed by atoms with Crippen molar-refractivity contribution in [3.8, 4) is 22.9 Å². The number of nitrogens with one attached hydrogen (secondary N) is 2. The summed E-state index contributed by atoms with van der Waals surface area (Å²) in [4.78, 5) is 36.9. The maximum absolute atomic E-state index is 15.4. The van der Waals surface area contributed by atoms with Gasteiger partial charge in [-0.2, -0.15) is 0 Å². The van der Waals surface area contributed by atoms with Crippen LogP contribution in [0.1, 0.15) is 57.8 Å². The normalized spacial score (nSPS) is 23.5. The second-order valence-electron chi connectivity index (χ2n) is 14.2. The predicted molar refractivity (Wildman–Crippen MR) is 195 cm³/mol. The Bertz CT molecular complexity index is 1860. The average molecular weight is 758 g/mol. The second kappa shape index (κ2) is 16.6. The minimum absolute atomic E-state index is 0.0729. The van der Waals surface area contributed by atoms with E-state index in [9.17, 15) is 13.2 Å². The quantitative estimate of drug-likeness (QED) is 0.270. The number of piperidine rings is 1. The van der Waals surface area contributed by atoms with E-state index >= 15 is 4.39 Å². The Morgan fingerprint density at radius 3 is 2.43 bits per heavy atom. The number of anilines is 2. The molecule has 15 nitrogen and oxygen atoms in total. The van der Waals surface area contributed by atoms with Crippen LogP contribution in [0.5, 0.6) is 11.6 Å². The molecule has 0 radical (unpaired) electrons. The molecule has 1 unspecified atom stereocenters. The minimum Gasteiger partial charge on any atom is -0.488 e.